The Morgan fingerprint density at radius 2 is 2.10 bits per heavy atom. The smallest absolute Gasteiger partial charge is 0.315 e. The summed E-state index contributed by atoms with van der Waals surface area (Å²) < 4.78 is 1.07. The first-order chi connectivity index (χ1) is 9.58. The van der Waals surface area contributed by atoms with Gasteiger partial charge in [-0.2, -0.15) is 0 Å². The van der Waals surface area contributed by atoms with Crippen LogP contribution in [0.25, 0.3) is 0 Å². The highest BCUT2D eigenvalue weighted by atomic mass is 79.9. The number of aliphatic carboxylic acids is 1. The summed E-state index contributed by atoms with van der Waals surface area (Å²) >= 11 is 3.51. The molecular weight excluding hydrogens is 324 g/mol. The Morgan fingerprint density at radius 3 is 2.80 bits per heavy atom. The van der Waals surface area contributed by atoms with Crippen LogP contribution in [0.4, 0.5) is 4.79 Å². The van der Waals surface area contributed by atoms with Crippen LogP contribution in [0.2, 0.25) is 0 Å². The highest BCUT2D eigenvalue weighted by Crippen LogP contribution is 2.43. The van der Waals surface area contributed by atoms with Crippen molar-refractivity contribution in [1.29, 1.82) is 0 Å². The van der Waals surface area contributed by atoms with Gasteiger partial charge in [0.15, 0.2) is 0 Å². The van der Waals surface area contributed by atoms with Gasteiger partial charge < -0.3 is 15.7 Å². The van der Waals surface area contributed by atoms with Crippen molar-refractivity contribution in [2.24, 2.45) is 0 Å². The molecule has 2 rings (SSSR count). The van der Waals surface area contributed by atoms with Crippen molar-refractivity contribution in [3.05, 3.63) is 34.3 Å². The standard InChI is InChI=1S/C14H17BrN2O3/c15-11-5-2-1-4-9(11)10-8-12(10)17-14(20)16-7-3-6-13(18)19/h1-2,4-5,10,12H,3,6-8H2,(H,18,19)(H2,16,17,20)/t10-,12+/m0/s1. The molecule has 0 heterocycles. The Kier molecular flexibility index (Phi) is 5.00. The van der Waals surface area contributed by atoms with Crippen LogP contribution in [0.5, 0.6) is 0 Å². The number of carbonyl (C=O) groups excluding carboxylic acids is 1. The van der Waals surface area contributed by atoms with E-state index in [0.29, 0.717) is 18.9 Å². The predicted molar refractivity (Wildman–Crippen MR) is 78.7 cm³/mol. The molecule has 2 atom stereocenters. The van der Waals surface area contributed by atoms with Crippen molar-refractivity contribution in [3.63, 3.8) is 0 Å². The minimum absolute atomic E-state index is 0.0727. The molecule has 6 heteroatoms. The molecule has 0 unspecified atom stereocenters. The molecule has 1 aromatic carbocycles. The molecule has 2 amide bonds. The van der Waals surface area contributed by atoms with Crippen LogP contribution < -0.4 is 10.6 Å². The van der Waals surface area contributed by atoms with E-state index in [0.717, 1.165) is 10.9 Å². The average Bonchev–Trinajstić information content (AvgIpc) is 3.14. The minimum atomic E-state index is -0.844. The molecule has 1 aliphatic carbocycles. The quantitative estimate of drug-likeness (QED) is 0.696. The molecule has 20 heavy (non-hydrogen) atoms. The van der Waals surface area contributed by atoms with Gasteiger partial charge in [0.25, 0.3) is 0 Å². The number of nitrogens with one attached hydrogen (secondary N) is 2. The molecular formula is C14H17BrN2O3. The minimum Gasteiger partial charge on any atom is -0.481 e. The van der Waals surface area contributed by atoms with Gasteiger partial charge in [0.1, 0.15) is 0 Å². The Morgan fingerprint density at radius 1 is 1.35 bits per heavy atom. The van der Waals surface area contributed by atoms with Crippen LogP contribution in [0.1, 0.15) is 30.7 Å². The molecule has 1 aliphatic rings. The molecule has 1 fully saturated rings. The van der Waals surface area contributed by atoms with E-state index in [1.807, 2.05) is 18.2 Å². The molecule has 108 valence electrons. The normalized spacial score (nSPS) is 20.2. The van der Waals surface area contributed by atoms with Crippen LogP contribution in [0.15, 0.2) is 28.7 Å². The molecule has 0 aliphatic heterocycles. The van der Waals surface area contributed by atoms with E-state index < -0.39 is 5.97 Å². The van der Waals surface area contributed by atoms with Crippen molar-refractivity contribution in [2.75, 3.05) is 6.54 Å². The van der Waals surface area contributed by atoms with Crippen LogP contribution >= 0.6 is 15.9 Å². The molecule has 3 N–H and O–H groups in total. The number of carboxylic acids is 1. The molecule has 0 aromatic heterocycles. The largest absolute Gasteiger partial charge is 0.481 e. The third-order valence-electron chi connectivity index (χ3n) is 3.26. The number of carbonyl (C=O) groups is 2. The Labute approximate surface area is 125 Å². The lowest BCUT2D eigenvalue weighted by molar-refractivity contribution is -0.137. The van der Waals surface area contributed by atoms with Crippen molar-refractivity contribution in [1.82, 2.24) is 10.6 Å². The SMILES string of the molecule is O=C(O)CCCNC(=O)N[C@@H]1C[C@H]1c1ccccc1Br. The fourth-order valence-electron chi connectivity index (χ4n) is 2.13. The summed E-state index contributed by atoms with van der Waals surface area (Å²) in [6, 6.07) is 7.94. The maximum atomic E-state index is 11.6. The van der Waals surface area contributed by atoms with E-state index in [1.54, 1.807) is 0 Å². The summed E-state index contributed by atoms with van der Waals surface area (Å²) in [4.78, 5) is 21.9. The van der Waals surface area contributed by atoms with E-state index in [-0.39, 0.29) is 18.5 Å². The van der Waals surface area contributed by atoms with Gasteiger partial charge >= 0.3 is 12.0 Å². The van der Waals surface area contributed by atoms with Gasteiger partial charge in [0.05, 0.1) is 0 Å². The first-order valence-electron chi connectivity index (χ1n) is 6.58. The number of amides is 2. The number of benzene rings is 1. The summed E-state index contributed by atoms with van der Waals surface area (Å²) in [6.07, 6.45) is 1.45. The molecule has 0 radical (unpaired) electrons. The van der Waals surface area contributed by atoms with E-state index in [1.165, 1.54) is 5.56 Å². The third kappa shape index (κ3) is 4.23. The van der Waals surface area contributed by atoms with Gasteiger partial charge in [-0.3, -0.25) is 4.79 Å². The van der Waals surface area contributed by atoms with Crippen molar-refractivity contribution in [2.45, 2.75) is 31.2 Å². The number of rotatable bonds is 6. The van der Waals surface area contributed by atoms with Gasteiger partial charge in [0.2, 0.25) is 0 Å². The van der Waals surface area contributed by atoms with Crippen molar-refractivity contribution in [3.8, 4) is 0 Å². The zero-order valence-corrected chi connectivity index (χ0v) is 12.5. The second-order valence-corrected chi connectivity index (χ2v) is 5.72. The van der Waals surface area contributed by atoms with E-state index in [9.17, 15) is 9.59 Å². The zero-order chi connectivity index (χ0) is 14.5. The number of urea groups is 1. The highest BCUT2D eigenvalue weighted by Gasteiger charge is 2.40. The Balaban J connectivity index is 1.70. The Bertz CT molecular complexity index is 507. The maximum absolute atomic E-state index is 11.6. The van der Waals surface area contributed by atoms with Crippen LogP contribution in [-0.4, -0.2) is 29.7 Å². The van der Waals surface area contributed by atoms with E-state index in [2.05, 4.69) is 32.6 Å². The summed E-state index contributed by atoms with van der Waals surface area (Å²) in [5, 5.41) is 14.1. The van der Waals surface area contributed by atoms with Crippen molar-refractivity contribution < 1.29 is 14.7 Å². The number of hydrogen-bond acceptors (Lipinski definition) is 2. The first kappa shape index (κ1) is 14.8. The first-order valence-corrected chi connectivity index (χ1v) is 7.38. The maximum Gasteiger partial charge on any atom is 0.315 e. The third-order valence-corrected chi connectivity index (χ3v) is 3.99. The number of carboxylic acid groups (broad SMARTS) is 1. The van der Waals surface area contributed by atoms with Gasteiger partial charge in [-0.05, 0) is 24.5 Å². The molecule has 1 aromatic rings. The van der Waals surface area contributed by atoms with Crippen LogP contribution in [0, 0.1) is 0 Å². The average molecular weight is 341 g/mol. The Hall–Kier alpha value is -1.56. The van der Waals surface area contributed by atoms with Crippen molar-refractivity contribution >= 4 is 27.9 Å². The summed E-state index contributed by atoms with van der Waals surface area (Å²) in [6.45, 7) is 0.380. The second-order valence-electron chi connectivity index (χ2n) is 4.87. The topological polar surface area (TPSA) is 78.4 Å². The fraction of sp³-hybridized carbons (Fsp3) is 0.429. The molecule has 0 saturated heterocycles. The lowest BCUT2D eigenvalue weighted by atomic mass is 10.1. The molecule has 0 bridgehead atoms. The molecule has 1 saturated carbocycles. The number of halogens is 1. The van der Waals surface area contributed by atoms with Gasteiger partial charge in [-0.1, -0.05) is 34.1 Å². The van der Waals surface area contributed by atoms with E-state index >= 15 is 0 Å². The summed E-state index contributed by atoms with van der Waals surface area (Å²) in [7, 11) is 0. The van der Waals surface area contributed by atoms with Gasteiger partial charge in [-0.25, -0.2) is 4.79 Å². The van der Waals surface area contributed by atoms with Crippen LogP contribution in [0.3, 0.4) is 0 Å². The molecule has 5 nitrogen and oxygen atoms in total. The summed E-state index contributed by atoms with van der Waals surface area (Å²) in [5.74, 6) is -0.487. The van der Waals surface area contributed by atoms with Gasteiger partial charge in [0, 0.05) is 29.4 Å². The zero-order valence-electron chi connectivity index (χ0n) is 10.9. The monoisotopic (exact) mass is 340 g/mol. The highest BCUT2D eigenvalue weighted by molar-refractivity contribution is 9.10. The number of hydrogen-bond donors (Lipinski definition) is 3. The van der Waals surface area contributed by atoms with E-state index in [4.69, 9.17) is 5.11 Å². The predicted octanol–water partition coefficient (Wildman–Crippen LogP) is 2.47. The lowest BCUT2D eigenvalue weighted by Gasteiger charge is -2.07. The second kappa shape index (κ2) is 6.74. The van der Waals surface area contributed by atoms with Crippen LogP contribution in [-0.2, 0) is 4.79 Å². The van der Waals surface area contributed by atoms with Gasteiger partial charge in [-0.15, -0.1) is 0 Å². The lowest BCUT2D eigenvalue weighted by Crippen LogP contribution is -2.37. The molecule has 0 spiro atoms. The fourth-order valence-corrected chi connectivity index (χ4v) is 2.71. The summed E-state index contributed by atoms with van der Waals surface area (Å²) in [5.41, 5.74) is 1.21.